The van der Waals surface area contributed by atoms with Crippen LogP contribution in [-0.2, 0) is 17.6 Å². The van der Waals surface area contributed by atoms with E-state index in [1.165, 1.54) is 5.56 Å². The largest absolute Gasteiger partial charge is 0.493 e. The zero-order valence-electron chi connectivity index (χ0n) is 15.3. The fourth-order valence-electron chi connectivity index (χ4n) is 3.44. The molecule has 0 saturated heterocycles. The SMILES string of the molecule is Cc1nc(=O)[nH]c(C)c1CCC(=O)NC[C@H]1CCOc2ccccc2C1. The van der Waals surface area contributed by atoms with Gasteiger partial charge in [-0.25, -0.2) is 4.79 Å². The first-order valence-electron chi connectivity index (χ1n) is 9.06. The molecule has 0 saturated carbocycles. The molecule has 2 N–H and O–H groups in total. The molecule has 2 heterocycles. The van der Waals surface area contributed by atoms with E-state index >= 15 is 0 Å². The topological polar surface area (TPSA) is 84.1 Å². The molecule has 0 spiro atoms. The first-order valence-corrected chi connectivity index (χ1v) is 9.06. The molecular formula is C20H25N3O3. The number of carbonyl (C=O) groups is 1. The Kier molecular flexibility index (Phi) is 5.71. The van der Waals surface area contributed by atoms with Crippen LogP contribution in [0.3, 0.4) is 0 Å². The van der Waals surface area contributed by atoms with Gasteiger partial charge in [0.25, 0.3) is 0 Å². The maximum Gasteiger partial charge on any atom is 0.345 e. The van der Waals surface area contributed by atoms with Gasteiger partial charge in [0.1, 0.15) is 5.75 Å². The van der Waals surface area contributed by atoms with Crippen molar-refractivity contribution in [3.8, 4) is 5.75 Å². The Morgan fingerprint density at radius 2 is 2.15 bits per heavy atom. The Labute approximate surface area is 153 Å². The number of hydrogen-bond donors (Lipinski definition) is 2. The number of rotatable bonds is 5. The van der Waals surface area contributed by atoms with Crippen LogP contribution in [0.15, 0.2) is 29.1 Å². The van der Waals surface area contributed by atoms with Crippen molar-refractivity contribution in [2.45, 2.75) is 39.5 Å². The number of amides is 1. The standard InChI is InChI=1S/C20H25N3O3/c1-13-17(14(2)23-20(25)22-13)7-8-19(24)21-12-15-9-10-26-18-6-4-3-5-16(18)11-15/h3-6,15H,7-12H2,1-2H3,(H,21,24)(H,22,23,25)/t15-/m0/s1. The lowest BCUT2D eigenvalue weighted by Crippen LogP contribution is -2.30. The van der Waals surface area contributed by atoms with E-state index in [1.807, 2.05) is 25.1 Å². The number of aromatic nitrogens is 2. The van der Waals surface area contributed by atoms with Crippen LogP contribution in [0, 0.1) is 19.8 Å². The molecule has 6 heteroatoms. The molecule has 26 heavy (non-hydrogen) atoms. The normalized spacial score (nSPS) is 16.3. The first kappa shape index (κ1) is 18.2. The molecule has 0 bridgehead atoms. The van der Waals surface area contributed by atoms with E-state index in [9.17, 15) is 9.59 Å². The van der Waals surface area contributed by atoms with E-state index in [0.29, 0.717) is 37.6 Å². The number of aryl methyl sites for hydroxylation is 2. The van der Waals surface area contributed by atoms with E-state index < -0.39 is 0 Å². The number of ether oxygens (including phenoxy) is 1. The van der Waals surface area contributed by atoms with Crippen LogP contribution >= 0.6 is 0 Å². The van der Waals surface area contributed by atoms with Crippen LogP contribution in [0.4, 0.5) is 0 Å². The summed E-state index contributed by atoms with van der Waals surface area (Å²) < 4.78 is 5.78. The molecule has 1 aliphatic rings. The number of carbonyl (C=O) groups excluding carboxylic acids is 1. The third-order valence-corrected chi connectivity index (χ3v) is 4.91. The number of nitrogens with zero attached hydrogens (tertiary/aromatic N) is 1. The van der Waals surface area contributed by atoms with Gasteiger partial charge < -0.3 is 15.0 Å². The number of benzene rings is 1. The minimum absolute atomic E-state index is 0.0217. The van der Waals surface area contributed by atoms with Crippen molar-refractivity contribution >= 4 is 5.91 Å². The molecular weight excluding hydrogens is 330 g/mol. The van der Waals surface area contributed by atoms with Crippen molar-refractivity contribution in [1.29, 1.82) is 0 Å². The average molecular weight is 355 g/mol. The Morgan fingerprint density at radius 1 is 1.35 bits per heavy atom. The van der Waals surface area contributed by atoms with Gasteiger partial charge in [-0.15, -0.1) is 0 Å². The monoisotopic (exact) mass is 355 g/mol. The number of nitrogens with one attached hydrogen (secondary N) is 2. The molecule has 0 aliphatic carbocycles. The van der Waals surface area contributed by atoms with Crippen LogP contribution in [0.5, 0.6) is 5.75 Å². The van der Waals surface area contributed by atoms with Crippen LogP contribution in [0.25, 0.3) is 0 Å². The van der Waals surface area contributed by atoms with Gasteiger partial charge >= 0.3 is 5.69 Å². The number of fused-ring (bicyclic) bond motifs is 1. The van der Waals surface area contributed by atoms with Crippen molar-refractivity contribution < 1.29 is 9.53 Å². The maximum absolute atomic E-state index is 12.2. The fourth-order valence-corrected chi connectivity index (χ4v) is 3.44. The molecule has 138 valence electrons. The van der Waals surface area contributed by atoms with Crippen molar-refractivity contribution in [3.05, 3.63) is 57.3 Å². The summed E-state index contributed by atoms with van der Waals surface area (Å²) in [4.78, 5) is 30.2. The predicted molar refractivity (Wildman–Crippen MR) is 99.4 cm³/mol. The summed E-state index contributed by atoms with van der Waals surface area (Å²) in [7, 11) is 0. The average Bonchev–Trinajstić information content (AvgIpc) is 2.80. The summed E-state index contributed by atoms with van der Waals surface area (Å²) in [6, 6.07) is 8.09. The van der Waals surface area contributed by atoms with Gasteiger partial charge in [-0.2, -0.15) is 4.98 Å². The fraction of sp³-hybridized carbons (Fsp3) is 0.450. The Hall–Kier alpha value is -2.63. The zero-order valence-corrected chi connectivity index (χ0v) is 15.3. The highest BCUT2D eigenvalue weighted by atomic mass is 16.5. The van der Waals surface area contributed by atoms with Gasteiger partial charge in [0.15, 0.2) is 0 Å². The van der Waals surface area contributed by atoms with Crippen LogP contribution in [-0.4, -0.2) is 29.0 Å². The molecule has 1 aromatic heterocycles. The Morgan fingerprint density at radius 3 is 2.96 bits per heavy atom. The zero-order chi connectivity index (χ0) is 18.5. The highest BCUT2D eigenvalue weighted by Gasteiger charge is 2.18. The molecule has 0 fully saturated rings. The van der Waals surface area contributed by atoms with Crippen LogP contribution in [0.1, 0.15) is 35.4 Å². The molecule has 0 radical (unpaired) electrons. The molecule has 1 amide bonds. The molecule has 1 aromatic carbocycles. The lowest BCUT2D eigenvalue weighted by atomic mass is 9.97. The van der Waals surface area contributed by atoms with Gasteiger partial charge in [-0.1, -0.05) is 18.2 Å². The predicted octanol–water partition coefficient (Wildman–Crippen LogP) is 2.08. The summed E-state index contributed by atoms with van der Waals surface area (Å²) in [5, 5.41) is 3.04. The molecule has 2 aromatic rings. The summed E-state index contributed by atoms with van der Waals surface area (Å²) in [6.45, 7) is 4.97. The van der Waals surface area contributed by atoms with Gasteiger partial charge in [0, 0.05) is 24.4 Å². The smallest absolute Gasteiger partial charge is 0.345 e. The second-order valence-corrected chi connectivity index (χ2v) is 6.85. The minimum Gasteiger partial charge on any atom is -0.493 e. The molecule has 1 atom stereocenters. The second kappa shape index (κ2) is 8.17. The van der Waals surface area contributed by atoms with Crippen molar-refractivity contribution in [2.24, 2.45) is 5.92 Å². The summed E-state index contributed by atoms with van der Waals surface area (Å²) in [6.07, 6.45) is 2.80. The van der Waals surface area contributed by atoms with Crippen LogP contribution < -0.4 is 15.7 Å². The third kappa shape index (κ3) is 4.50. The van der Waals surface area contributed by atoms with E-state index in [2.05, 4.69) is 21.4 Å². The maximum atomic E-state index is 12.2. The highest BCUT2D eigenvalue weighted by molar-refractivity contribution is 5.76. The van der Waals surface area contributed by atoms with E-state index in [1.54, 1.807) is 6.92 Å². The van der Waals surface area contributed by atoms with E-state index in [4.69, 9.17) is 4.74 Å². The van der Waals surface area contributed by atoms with Crippen molar-refractivity contribution in [2.75, 3.05) is 13.2 Å². The minimum atomic E-state index is -0.343. The Balaban J connectivity index is 1.51. The highest BCUT2D eigenvalue weighted by Crippen LogP contribution is 2.26. The number of hydrogen-bond acceptors (Lipinski definition) is 4. The third-order valence-electron chi connectivity index (χ3n) is 4.91. The number of H-pyrrole nitrogens is 1. The van der Waals surface area contributed by atoms with Gasteiger partial charge in [0.2, 0.25) is 5.91 Å². The first-order chi connectivity index (χ1) is 12.5. The van der Waals surface area contributed by atoms with E-state index in [0.717, 1.165) is 29.8 Å². The Bertz CT molecular complexity index is 818. The lowest BCUT2D eigenvalue weighted by molar-refractivity contribution is -0.121. The molecule has 1 aliphatic heterocycles. The number of para-hydroxylation sites is 1. The van der Waals surface area contributed by atoms with E-state index in [-0.39, 0.29) is 11.6 Å². The molecule has 6 nitrogen and oxygen atoms in total. The molecule has 3 rings (SSSR count). The quantitative estimate of drug-likeness (QED) is 0.860. The number of aromatic amines is 1. The van der Waals surface area contributed by atoms with Crippen molar-refractivity contribution in [1.82, 2.24) is 15.3 Å². The summed E-state index contributed by atoms with van der Waals surface area (Å²) in [5.74, 6) is 1.35. The van der Waals surface area contributed by atoms with Gasteiger partial charge in [-0.05, 0) is 56.2 Å². The second-order valence-electron chi connectivity index (χ2n) is 6.85. The van der Waals surface area contributed by atoms with Crippen molar-refractivity contribution in [3.63, 3.8) is 0 Å². The van der Waals surface area contributed by atoms with Gasteiger partial charge in [-0.3, -0.25) is 4.79 Å². The lowest BCUT2D eigenvalue weighted by Gasteiger charge is -2.15. The summed E-state index contributed by atoms with van der Waals surface area (Å²) in [5.41, 5.74) is 3.28. The summed E-state index contributed by atoms with van der Waals surface area (Å²) >= 11 is 0. The van der Waals surface area contributed by atoms with Gasteiger partial charge in [0.05, 0.1) is 6.61 Å². The van der Waals surface area contributed by atoms with Crippen LogP contribution in [0.2, 0.25) is 0 Å². The molecule has 0 unspecified atom stereocenters.